The van der Waals surface area contributed by atoms with Gasteiger partial charge in [0.25, 0.3) is 17.7 Å². The number of nitrogens with zero attached hydrogens (tertiary/aromatic N) is 2. The first-order valence-corrected chi connectivity index (χ1v) is 13.6. The van der Waals surface area contributed by atoms with Crippen molar-refractivity contribution in [1.29, 1.82) is 0 Å². The highest BCUT2D eigenvalue weighted by atomic mass is 35.5. The van der Waals surface area contributed by atoms with E-state index < -0.39 is 47.9 Å². The first-order valence-electron chi connectivity index (χ1n) is 11.9. The number of imide groups is 1. The fourth-order valence-electron chi connectivity index (χ4n) is 4.54. The molecule has 1 fully saturated rings. The number of benzene rings is 2. The monoisotopic (exact) mass is 582 g/mol. The van der Waals surface area contributed by atoms with Gasteiger partial charge in [-0.15, -0.1) is 11.3 Å². The molecule has 198 valence electrons. The van der Waals surface area contributed by atoms with E-state index in [1.165, 1.54) is 53.8 Å². The molecule has 2 atom stereocenters. The highest BCUT2D eigenvalue weighted by Gasteiger charge is 2.51. The van der Waals surface area contributed by atoms with Crippen molar-refractivity contribution < 1.29 is 28.7 Å². The predicted octanol–water partition coefficient (Wildman–Crippen LogP) is 5.47. The summed E-state index contributed by atoms with van der Waals surface area (Å²) in [6, 6.07) is 13.3. The van der Waals surface area contributed by atoms with Gasteiger partial charge in [0.2, 0.25) is 0 Å². The normalized spacial score (nSPS) is 18.2. The Labute approximate surface area is 237 Å². The Balaban J connectivity index is 1.40. The molecule has 0 N–H and O–H groups in total. The largest absolute Gasteiger partial charge is 0.422 e. The maximum atomic E-state index is 13.6. The van der Waals surface area contributed by atoms with Gasteiger partial charge in [-0.3, -0.25) is 19.2 Å². The van der Waals surface area contributed by atoms with Gasteiger partial charge in [-0.2, -0.15) is 5.01 Å². The fraction of sp³-hybridized carbons (Fsp3) is 0.179. The molecule has 3 amide bonds. The molecule has 0 radical (unpaired) electrons. The van der Waals surface area contributed by atoms with Crippen LogP contribution >= 0.6 is 34.5 Å². The molecule has 1 aromatic heterocycles. The van der Waals surface area contributed by atoms with E-state index >= 15 is 0 Å². The van der Waals surface area contributed by atoms with E-state index in [0.29, 0.717) is 22.7 Å². The SMILES string of the molecule is O=C(CN(C(=O)c1ccc(Cl)cc1Cl)N1C(=O)[C@H]2CC=CC[C@@H]2C1=O)c1ccc(OC(=O)c2cccs2)cc1. The quantitative estimate of drug-likeness (QED) is 0.120. The molecular weight excluding hydrogens is 563 g/mol. The molecule has 0 spiro atoms. The van der Waals surface area contributed by atoms with Crippen LogP contribution in [-0.4, -0.2) is 46.0 Å². The number of hydrazine groups is 1. The minimum Gasteiger partial charge on any atom is -0.422 e. The molecule has 1 aliphatic carbocycles. The lowest BCUT2D eigenvalue weighted by molar-refractivity contribution is -0.154. The maximum absolute atomic E-state index is 13.6. The lowest BCUT2D eigenvalue weighted by atomic mass is 9.85. The van der Waals surface area contributed by atoms with Crippen LogP contribution < -0.4 is 4.74 Å². The van der Waals surface area contributed by atoms with Crippen molar-refractivity contribution in [3.8, 4) is 5.75 Å². The number of halogens is 2. The third-order valence-corrected chi connectivity index (χ3v) is 7.92. The molecule has 2 aromatic carbocycles. The van der Waals surface area contributed by atoms with Crippen LogP contribution in [-0.2, 0) is 9.59 Å². The smallest absolute Gasteiger partial charge is 0.353 e. The maximum Gasteiger partial charge on any atom is 0.353 e. The number of carbonyl (C=O) groups excluding carboxylic acids is 5. The van der Waals surface area contributed by atoms with Gasteiger partial charge in [0, 0.05) is 10.6 Å². The number of hydrogen-bond donors (Lipinski definition) is 0. The first kappa shape index (κ1) is 26.8. The van der Waals surface area contributed by atoms with E-state index in [1.807, 2.05) is 12.2 Å². The van der Waals surface area contributed by atoms with Gasteiger partial charge < -0.3 is 4.74 Å². The second-order valence-electron chi connectivity index (χ2n) is 8.95. The molecule has 0 bridgehead atoms. The number of carbonyl (C=O) groups is 5. The molecule has 3 aromatic rings. The number of esters is 1. The minimum absolute atomic E-state index is 0.0139. The molecule has 0 saturated carbocycles. The van der Waals surface area contributed by atoms with E-state index in [2.05, 4.69) is 0 Å². The third kappa shape index (κ3) is 5.38. The Morgan fingerprint density at radius 3 is 2.21 bits per heavy atom. The summed E-state index contributed by atoms with van der Waals surface area (Å²) < 4.78 is 5.32. The van der Waals surface area contributed by atoms with Crippen LogP contribution in [0.3, 0.4) is 0 Å². The number of rotatable bonds is 7. The van der Waals surface area contributed by atoms with Crippen molar-refractivity contribution in [2.75, 3.05) is 6.54 Å². The molecule has 39 heavy (non-hydrogen) atoms. The van der Waals surface area contributed by atoms with Crippen LogP contribution in [0.25, 0.3) is 0 Å². The number of ketones is 1. The summed E-state index contributed by atoms with van der Waals surface area (Å²) >= 11 is 13.5. The van der Waals surface area contributed by atoms with Crippen molar-refractivity contribution in [2.45, 2.75) is 12.8 Å². The average Bonchev–Trinajstić information content (AvgIpc) is 3.55. The van der Waals surface area contributed by atoms with Crippen LogP contribution in [0.4, 0.5) is 0 Å². The number of allylic oxidation sites excluding steroid dienone is 2. The highest BCUT2D eigenvalue weighted by molar-refractivity contribution is 7.12. The first-order chi connectivity index (χ1) is 18.7. The standard InChI is InChI=1S/C28H20Cl2N2O6S/c29-17-9-12-21(22(30)14-17)25(34)31(32-26(35)19-4-1-2-5-20(19)27(32)36)15-23(33)16-7-10-18(11-8-16)38-28(37)24-6-3-13-39-24/h1-3,6-14,19-20H,4-5,15H2/t19-,20-/m0/s1. The van der Waals surface area contributed by atoms with Crippen LogP contribution in [0.2, 0.25) is 10.0 Å². The number of hydrogen-bond acceptors (Lipinski definition) is 7. The summed E-state index contributed by atoms with van der Waals surface area (Å²) in [6.07, 6.45) is 4.40. The average molecular weight is 583 g/mol. The molecule has 5 rings (SSSR count). The van der Waals surface area contributed by atoms with E-state index in [-0.39, 0.29) is 21.9 Å². The van der Waals surface area contributed by atoms with Gasteiger partial charge in [-0.05, 0) is 66.8 Å². The van der Waals surface area contributed by atoms with Gasteiger partial charge in [0.1, 0.15) is 17.2 Å². The lowest BCUT2D eigenvalue weighted by Gasteiger charge is -2.30. The summed E-state index contributed by atoms with van der Waals surface area (Å²) in [7, 11) is 0. The van der Waals surface area contributed by atoms with E-state index in [1.54, 1.807) is 17.5 Å². The zero-order valence-corrected chi connectivity index (χ0v) is 22.5. The molecule has 1 saturated heterocycles. The summed E-state index contributed by atoms with van der Waals surface area (Å²) in [4.78, 5) is 66.2. The zero-order chi connectivity index (χ0) is 27.7. The highest BCUT2D eigenvalue weighted by Crippen LogP contribution is 2.36. The topological polar surface area (TPSA) is 101 Å². The number of ether oxygens (including phenoxy) is 1. The van der Waals surface area contributed by atoms with Crippen LogP contribution in [0.1, 0.15) is 43.2 Å². The van der Waals surface area contributed by atoms with Crippen LogP contribution in [0.5, 0.6) is 5.75 Å². The predicted molar refractivity (Wildman–Crippen MR) is 145 cm³/mol. The number of amides is 3. The Kier molecular flexibility index (Phi) is 7.65. The van der Waals surface area contributed by atoms with Gasteiger partial charge in [-0.1, -0.05) is 41.4 Å². The Morgan fingerprint density at radius 2 is 1.62 bits per heavy atom. The van der Waals surface area contributed by atoms with Gasteiger partial charge in [0.15, 0.2) is 5.78 Å². The number of Topliss-reactive ketones (excluding diaryl/α,β-unsaturated/α-hetero) is 1. The Hall–Kier alpha value is -3.79. The Morgan fingerprint density at radius 1 is 0.949 bits per heavy atom. The van der Waals surface area contributed by atoms with E-state index in [4.69, 9.17) is 27.9 Å². The van der Waals surface area contributed by atoms with Gasteiger partial charge >= 0.3 is 5.97 Å². The number of fused-ring (bicyclic) bond motifs is 1. The zero-order valence-electron chi connectivity index (χ0n) is 20.2. The molecular formula is C28H20Cl2N2O6S. The second kappa shape index (κ2) is 11.1. The fourth-order valence-corrected chi connectivity index (χ4v) is 5.63. The van der Waals surface area contributed by atoms with Crippen LogP contribution in [0.15, 0.2) is 72.1 Å². The molecule has 8 nitrogen and oxygen atoms in total. The summed E-state index contributed by atoms with van der Waals surface area (Å²) in [5.41, 5.74) is 0.169. The van der Waals surface area contributed by atoms with Crippen molar-refractivity contribution in [1.82, 2.24) is 10.0 Å². The van der Waals surface area contributed by atoms with E-state index in [0.717, 1.165) is 10.0 Å². The Bertz CT molecular complexity index is 1480. The summed E-state index contributed by atoms with van der Waals surface area (Å²) in [6.45, 7) is -0.601. The molecule has 1 aliphatic heterocycles. The molecule has 0 unspecified atom stereocenters. The molecule has 11 heteroatoms. The third-order valence-electron chi connectivity index (χ3n) is 6.52. The molecule has 2 heterocycles. The summed E-state index contributed by atoms with van der Waals surface area (Å²) in [5, 5.41) is 3.70. The minimum atomic E-state index is -0.792. The molecule has 2 aliphatic rings. The van der Waals surface area contributed by atoms with E-state index in [9.17, 15) is 24.0 Å². The lowest BCUT2D eigenvalue weighted by Crippen LogP contribution is -2.52. The van der Waals surface area contributed by atoms with Crippen molar-refractivity contribution in [2.24, 2.45) is 11.8 Å². The second-order valence-corrected chi connectivity index (χ2v) is 10.7. The van der Waals surface area contributed by atoms with Gasteiger partial charge in [-0.25, -0.2) is 9.80 Å². The van der Waals surface area contributed by atoms with Crippen LogP contribution in [0, 0.1) is 11.8 Å². The van der Waals surface area contributed by atoms with Gasteiger partial charge in [0.05, 0.1) is 22.4 Å². The summed E-state index contributed by atoms with van der Waals surface area (Å²) in [5.74, 6) is -3.93. The van der Waals surface area contributed by atoms with Crippen molar-refractivity contribution >= 4 is 64.0 Å². The number of thiophene rings is 1. The van der Waals surface area contributed by atoms with Crippen molar-refractivity contribution in [3.63, 3.8) is 0 Å². The van der Waals surface area contributed by atoms with Crippen molar-refractivity contribution in [3.05, 3.63) is 98.2 Å².